The Morgan fingerprint density at radius 1 is 1.32 bits per heavy atom. The van der Waals surface area contributed by atoms with E-state index in [0.29, 0.717) is 25.4 Å². The van der Waals surface area contributed by atoms with Gasteiger partial charge in [0.15, 0.2) is 11.5 Å². The molecule has 1 aromatic carbocycles. The molecule has 3 N–H and O–H groups in total. The molecule has 0 aliphatic carbocycles. The minimum absolute atomic E-state index is 0.271. The monoisotopic (exact) mass is 269 g/mol. The lowest BCUT2D eigenvalue weighted by Crippen LogP contribution is -2.40. The summed E-state index contributed by atoms with van der Waals surface area (Å²) in [6, 6.07) is 5.70. The first-order chi connectivity index (χ1) is 9.02. The van der Waals surface area contributed by atoms with Crippen molar-refractivity contribution in [1.82, 2.24) is 5.32 Å². The third-order valence-electron chi connectivity index (χ3n) is 2.70. The van der Waals surface area contributed by atoms with Crippen LogP contribution in [-0.2, 0) is 6.54 Å². The van der Waals surface area contributed by atoms with Gasteiger partial charge in [0.2, 0.25) is 0 Å². The first kappa shape index (κ1) is 15.8. The van der Waals surface area contributed by atoms with Gasteiger partial charge in [-0.25, -0.2) is 0 Å². The molecule has 0 fully saturated rings. The van der Waals surface area contributed by atoms with Crippen LogP contribution in [0.2, 0.25) is 0 Å². The van der Waals surface area contributed by atoms with E-state index in [0.717, 1.165) is 11.3 Å². The molecule has 1 aromatic rings. The van der Waals surface area contributed by atoms with Crippen LogP contribution in [0.15, 0.2) is 18.2 Å². The van der Waals surface area contributed by atoms with Crippen molar-refractivity contribution in [3.05, 3.63) is 23.8 Å². The molecule has 0 heterocycles. The van der Waals surface area contributed by atoms with Crippen molar-refractivity contribution in [2.75, 3.05) is 26.9 Å². The molecule has 0 saturated heterocycles. The van der Waals surface area contributed by atoms with Gasteiger partial charge < -0.3 is 25.0 Å². The molecule has 1 unspecified atom stereocenters. The predicted octanol–water partition coefficient (Wildman–Crippen LogP) is 0.927. The maximum Gasteiger partial charge on any atom is 0.161 e. The van der Waals surface area contributed by atoms with E-state index < -0.39 is 5.60 Å². The summed E-state index contributed by atoms with van der Waals surface area (Å²) in [5, 5.41) is 21.7. The van der Waals surface area contributed by atoms with E-state index in [1.807, 2.05) is 25.1 Å². The maximum absolute atomic E-state index is 9.66. The van der Waals surface area contributed by atoms with E-state index in [1.165, 1.54) is 0 Å². The molecule has 1 rings (SSSR count). The summed E-state index contributed by atoms with van der Waals surface area (Å²) in [5.74, 6) is 1.41. The quantitative estimate of drug-likeness (QED) is 0.655. The van der Waals surface area contributed by atoms with Gasteiger partial charge in [-0.2, -0.15) is 0 Å². The van der Waals surface area contributed by atoms with Gasteiger partial charge in [-0.1, -0.05) is 6.07 Å². The van der Waals surface area contributed by atoms with Gasteiger partial charge in [0, 0.05) is 13.1 Å². The van der Waals surface area contributed by atoms with E-state index in [2.05, 4.69) is 5.32 Å². The van der Waals surface area contributed by atoms with Crippen LogP contribution >= 0.6 is 0 Å². The zero-order chi connectivity index (χ0) is 14.3. The number of benzene rings is 1. The Kier molecular flexibility index (Phi) is 6.08. The standard InChI is InChI=1S/C14H23NO4/c1-4-19-12-6-5-11(7-13(12)18-3)8-15-9-14(2,17)10-16/h5-7,15-17H,4,8-10H2,1-3H3. The number of hydrogen-bond donors (Lipinski definition) is 3. The Labute approximate surface area is 114 Å². The Morgan fingerprint density at radius 3 is 2.63 bits per heavy atom. The van der Waals surface area contributed by atoms with Crippen molar-refractivity contribution in [3.8, 4) is 11.5 Å². The van der Waals surface area contributed by atoms with Crippen LogP contribution in [0.5, 0.6) is 11.5 Å². The average Bonchev–Trinajstić information content (AvgIpc) is 2.40. The molecule has 0 aliphatic rings. The van der Waals surface area contributed by atoms with Crippen molar-refractivity contribution in [2.24, 2.45) is 0 Å². The van der Waals surface area contributed by atoms with E-state index >= 15 is 0 Å². The summed E-state index contributed by atoms with van der Waals surface area (Å²) in [5.41, 5.74) is -0.0796. The smallest absolute Gasteiger partial charge is 0.161 e. The van der Waals surface area contributed by atoms with Gasteiger partial charge in [-0.05, 0) is 31.5 Å². The second-order valence-electron chi connectivity index (χ2n) is 4.68. The number of rotatable bonds is 8. The fourth-order valence-corrected chi connectivity index (χ4v) is 1.63. The Bertz CT molecular complexity index is 393. The second-order valence-corrected chi connectivity index (χ2v) is 4.68. The minimum atomic E-state index is -1.10. The van der Waals surface area contributed by atoms with Crippen LogP contribution in [0.25, 0.3) is 0 Å². The van der Waals surface area contributed by atoms with Crippen LogP contribution in [0.1, 0.15) is 19.4 Å². The lowest BCUT2D eigenvalue weighted by Gasteiger charge is -2.20. The van der Waals surface area contributed by atoms with Gasteiger partial charge in [-0.15, -0.1) is 0 Å². The number of aliphatic hydroxyl groups excluding tert-OH is 1. The highest BCUT2D eigenvalue weighted by Crippen LogP contribution is 2.27. The van der Waals surface area contributed by atoms with Crippen LogP contribution in [0, 0.1) is 0 Å². The van der Waals surface area contributed by atoms with Crippen molar-refractivity contribution >= 4 is 0 Å². The molecule has 19 heavy (non-hydrogen) atoms. The number of ether oxygens (including phenoxy) is 2. The first-order valence-electron chi connectivity index (χ1n) is 6.36. The molecule has 5 heteroatoms. The highest BCUT2D eigenvalue weighted by Gasteiger charge is 2.17. The molecule has 0 saturated carbocycles. The molecule has 0 spiro atoms. The highest BCUT2D eigenvalue weighted by molar-refractivity contribution is 5.42. The third kappa shape index (κ3) is 5.06. The number of methoxy groups -OCH3 is 1. The molecule has 0 aromatic heterocycles. The number of aliphatic hydroxyl groups is 2. The first-order valence-corrected chi connectivity index (χ1v) is 6.36. The molecule has 0 aliphatic heterocycles. The fourth-order valence-electron chi connectivity index (χ4n) is 1.63. The SMILES string of the molecule is CCOc1ccc(CNCC(C)(O)CO)cc1OC. The zero-order valence-electron chi connectivity index (χ0n) is 11.8. The van der Waals surface area contributed by atoms with E-state index in [4.69, 9.17) is 14.6 Å². The van der Waals surface area contributed by atoms with Gasteiger partial charge in [0.05, 0.1) is 25.9 Å². The van der Waals surface area contributed by atoms with E-state index in [9.17, 15) is 5.11 Å². The fraction of sp³-hybridized carbons (Fsp3) is 0.571. The Balaban J connectivity index is 2.60. The third-order valence-corrected chi connectivity index (χ3v) is 2.70. The highest BCUT2D eigenvalue weighted by atomic mass is 16.5. The van der Waals surface area contributed by atoms with Crippen LogP contribution in [0.4, 0.5) is 0 Å². The van der Waals surface area contributed by atoms with Crippen LogP contribution in [-0.4, -0.2) is 42.7 Å². The molecule has 0 radical (unpaired) electrons. The minimum Gasteiger partial charge on any atom is -0.493 e. The summed E-state index contributed by atoms with van der Waals surface area (Å²) in [7, 11) is 1.60. The van der Waals surface area contributed by atoms with E-state index in [-0.39, 0.29) is 6.61 Å². The summed E-state index contributed by atoms with van der Waals surface area (Å²) in [6.07, 6.45) is 0. The summed E-state index contributed by atoms with van der Waals surface area (Å²) in [6.45, 7) is 4.72. The Morgan fingerprint density at radius 2 is 2.05 bits per heavy atom. The van der Waals surface area contributed by atoms with E-state index in [1.54, 1.807) is 14.0 Å². The topological polar surface area (TPSA) is 71.0 Å². The molecule has 1 atom stereocenters. The molecular weight excluding hydrogens is 246 g/mol. The summed E-state index contributed by atoms with van der Waals surface area (Å²) < 4.78 is 10.7. The lowest BCUT2D eigenvalue weighted by molar-refractivity contribution is 0.00253. The lowest BCUT2D eigenvalue weighted by atomic mass is 10.1. The van der Waals surface area contributed by atoms with Gasteiger partial charge in [-0.3, -0.25) is 0 Å². The summed E-state index contributed by atoms with van der Waals surface area (Å²) >= 11 is 0. The van der Waals surface area contributed by atoms with Crippen LogP contribution in [0.3, 0.4) is 0 Å². The zero-order valence-corrected chi connectivity index (χ0v) is 11.8. The van der Waals surface area contributed by atoms with Crippen LogP contribution < -0.4 is 14.8 Å². The molecule has 108 valence electrons. The van der Waals surface area contributed by atoms with Crippen molar-refractivity contribution < 1.29 is 19.7 Å². The molecule has 0 amide bonds. The van der Waals surface area contributed by atoms with Crippen molar-refractivity contribution in [1.29, 1.82) is 0 Å². The van der Waals surface area contributed by atoms with Gasteiger partial charge in [0.1, 0.15) is 0 Å². The molecular formula is C14H23NO4. The van der Waals surface area contributed by atoms with Crippen molar-refractivity contribution in [3.63, 3.8) is 0 Å². The predicted molar refractivity (Wildman–Crippen MR) is 73.6 cm³/mol. The Hall–Kier alpha value is -1.30. The van der Waals surface area contributed by atoms with Gasteiger partial charge in [0.25, 0.3) is 0 Å². The summed E-state index contributed by atoms with van der Waals surface area (Å²) in [4.78, 5) is 0. The second kappa shape index (κ2) is 7.33. The molecule has 5 nitrogen and oxygen atoms in total. The average molecular weight is 269 g/mol. The van der Waals surface area contributed by atoms with Crippen molar-refractivity contribution in [2.45, 2.75) is 26.0 Å². The maximum atomic E-state index is 9.66. The van der Waals surface area contributed by atoms with Gasteiger partial charge >= 0.3 is 0 Å². The largest absolute Gasteiger partial charge is 0.493 e. The normalized spacial score (nSPS) is 13.9. The number of nitrogens with one attached hydrogen (secondary N) is 1. The number of hydrogen-bond acceptors (Lipinski definition) is 5. The molecule has 0 bridgehead atoms.